The van der Waals surface area contributed by atoms with E-state index >= 15 is 0 Å². The number of hydrogen-bond donors (Lipinski definition) is 2. The van der Waals surface area contributed by atoms with Gasteiger partial charge in [0.15, 0.2) is 0 Å². The Morgan fingerprint density at radius 2 is 2.11 bits per heavy atom. The molecule has 0 radical (unpaired) electrons. The Morgan fingerprint density at radius 1 is 1.56 bits per heavy atom. The summed E-state index contributed by atoms with van der Waals surface area (Å²) in [7, 11) is 3.48. The fourth-order valence-electron chi connectivity index (χ4n) is 0.482. The second-order valence-corrected chi connectivity index (χ2v) is 2.07. The number of carbonyl (C=O) groups is 1. The first-order chi connectivity index (χ1) is 4.20. The SMILES string of the molecule is CNC(=O)C[C@@H](C)NC. The minimum atomic E-state index is 0.0804. The van der Waals surface area contributed by atoms with Gasteiger partial charge in [0.25, 0.3) is 0 Å². The minimum Gasteiger partial charge on any atom is -0.359 e. The van der Waals surface area contributed by atoms with Gasteiger partial charge in [0, 0.05) is 19.5 Å². The predicted molar refractivity (Wildman–Crippen MR) is 37.2 cm³/mol. The zero-order valence-corrected chi connectivity index (χ0v) is 6.19. The largest absolute Gasteiger partial charge is 0.359 e. The quantitative estimate of drug-likeness (QED) is 0.552. The highest BCUT2D eigenvalue weighted by Gasteiger charge is 2.02. The molecule has 0 heterocycles. The molecule has 2 N–H and O–H groups in total. The molecule has 0 aliphatic carbocycles. The van der Waals surface area contributed by atoms with E-state index in [0.29, 0.717) is 6.42 Å². The summed E-state index contributed by atoms with van der Waals surface area (Å²) in [6.45, 7) is 1.97. The van der Waals surface area contributed by atoms with Crippen LogP contribution in [-0.4, -0.2) is 26.0 Å². The lowest BCUT2D eigenvalue weighted by atomic mass is 10.2. The van der Waals surface area contributed by atoms with Crippen molar-refractivity contribution in [3.63, 3.8) is 0 Å². The van der Waals surface area contributed by atoms with E-state index in [1.54, 1.807) is 7.05 Å². The van der Waals surface area contributed by atoms with Crippen molar-refractivity contribution in [3.05, 3.63) is 0 Å². The normalized spacial score (nSPS) is 12.8. The smallest absolute Gasteiger partial charge is 0.221 e. The zero-order valence-electron chi connectivity index (χ0n) is 6.19. The van der Waals surface area contributed by atoms with E-state index < -0.39 is 0 Å². The summed E-state index contributed by atoms with van der Waals surface area (Å²) in [4.78, 5) is 10.6. The van der Waals surface area contributed by atoms with Gasteiger partial charge >= 0.3 is 0 Å². The third-order valence-electron chi connectivity index (χ3n) is 1.26. The van der Waals surface area contributed by atoms with Crippen molar-refractivity contribution < 1.29 is 4.79 Å². The van der Waals surface area contributed by atoms with Gasteiger partial charge in [-0.15, -0.1) is 0 Å². The number of rotatable bonds is 3. The Balaban J connectivity index is 3.34. The maximum atomic E-state index is 10.6. The van der Waals surface area contributed by atoms with Crippen molar-refractivity contribution >= 4 is 5.91 Å². The molecule has 0 unspecified atom stereocenters. The monoisotopic (exact) mass is 130 g/mol. The van der Waals surface area contributed by atoms with E-state index in [4.69, 9.17) is 0 Å². The van der Waals surface area contributed by atoms with Gasteiger partial charge in [0.2, 0.25) is 5.91 Å². The molecule has 0 spiro atoms. The third-order valence-corrected chi connectivity index (χ3v) is 1.26. The van der Waals surface area contributed by atoms with E-state index in [-0.39, 0.29) is 11.9 Å². The molecule has 3 heteroatoms. The standard InChI is InChI=1S/C6H14N2O/c1-5(7-2)4-6(9)8-3/h5,7H,4H2,1-3H3,(H,8,9)/t5-/m1/s1. The molecule has 0 aromatic rings. The average molecular weight is 130 g/mol. The summed E-state index contributed by atoms with van der Waals surface area (Å²) in [5.41, 5.74) is 0. The van der Waals surface area contributed by atoms with E-state index in [9.17, 15) is 4.79 Å². The summed E-state index contributed by atoms with van der Waals surface area (Å²) in [6.07, 6.45) is 0.549. The first-order valence-corrected chi connectivity index (χ1v) is 3.08. The number of amides is 1. The number of carbonyl (C=O) groups excluding carboxylic acids is 1. The van der Waals surface area contributed by atoms with Crippen LogP contribution in [0.1, 0.15) is 13.3 Å². The van der Waals surface area contributed by atoms with Crippen LogP contribution < -0.4 is 10.6 Å². The van der Waals surface area contributed by atoms with Crippen molar-refractivity contribution in [3.8, 4) is 0 Å². The lowest BCUT2D eigenvalue weighted by Gasteiger charge is -2.06. The van der Waals surface area contributed by atoms with Crippen molar-refractivity contribution in [2.24, 2.45) is 0 Å². The Morgan fingerprint density at radius 3 is 2.44 bits per heavy atom. The van der Waals surface area contributed by atoms with E-state index in [0.717, 1.165) is 0 Å². The molecule has 9 heavy (non-hydrogen) atoms. The summed E-state index contributed by atoms with van der Waals surface area (Å²) >= 11 is 0. The minimum absolute atomic E-state index is 0.0804. The number of hydrogen-bond acceptors (Lipinski definition) is 2. The van der Waals surface area contributed by atoms with Crippen LogP contribution in [-0.2, 0) is 4.79 Å². The van der Waals surface area contributed by atoms with Crippen molar-refractivity contribution in [1.29, 1.82) is 0 Å². The molecule has 1 amide bonds. The molecule has 0 aromatic carbocycles. The fourth-order valence-corrected chi connectivity index (χ4v) is 0.482. The molecule has 0 rings (SSSR count). The second kappa shape index (κ2) is 4.32. The summed E-state index contributed by atoms with van der Waals surface area (Å²) in [5, 5.41) is 5.52. The van der Waals surface area contributed by atoms with Crippen LogP contribution in [0, 0.1) is 0 Å². The molecule has 0 saturated carbocycles. The average Bonchev–Trinajstić information content (AvgIpc) is 1.87. The van der Waals surface area contributed by atoms with Gasteiger partial charge in [-0.2, -0.15) is 0 Å². The zero-order chi connectivity index (χ0) is 7.28. The Bertz CT molecular complexity index is 93.1. The summed E-state index contributed by atoms with van der Waals surface area (Å²) in [5.74, 6) is 0.0804. The molecule has 0 saturated heterocycles. The Labute approximate surface area is 55.8 Å². The van der Waals surface area contributed by atoms with Gasteiger partial charge in [-0.3, -0.25) is 4.79 Å². The van der Waals surface area contributed by atoms with Crippen molar-refractivity contribution in [2.45, 2.75) is 19.4 Å². The molecule has 0 aromatic heterocycles. The van der Waals surface area contributed by atoms with Crippen LogP contribution in [0.15, 0.2) is 0 Å². The molecule has 54 valence electrons. The highest BCUT2D eigenvalue weighted by atomic mass is 16.1. The van der Waals surface area contributed by atoms with Crippen LogP contribution in [0.2, 0.25) is 0 Å². The van der Waals surface area contributed by atoms with Gasteiger partial charge in [0.05, 0.1) is 0 Å². The summed E-state index contributed by atoms with van der Waals surface area (Å²) < 4.78 is 0. The maximum absolute atomic E-state index is 10.6. The molecule has 0 bridgehead atoms. The van der Waals surface area contributed by atoms with Gasteiger partial charge in [-0.1, -0.05) is 0 Å². The van der Waals surface area contributed by atoms with Gasteiger partial charge in [0.1, 0.15) is 0 Å². The highest BCUT2D eigenvalue weighted by molar-refractivity contribution is 5.76. The topological polar surface area (TPSA) is 41.1 Å². The van der Waals surface area contributed by atoms with Gasteiger partial charge in [-0.05, 0) is 14.0 Å². The van der Waals surface area contributed by atoms with Crippen LogP contribution in [0.4, 0.5) is 0 Å². The Kier molecular flexibility index (Phi) is 4.05. The molecule has 0 aliphatic heterocycles. The van der Waals surface area contributed by atoms with Crippen LogP contribution in [0.3, 0.4) is 0 Å². The highest BCUT2D eigenvalue weighted by Crippen LogP contribution is 1.86. The van der Waals surface area contributed by atoms with Crippen molar-refractivity contribution in [2.75, 3.05) is 14.1 Å². The molecule has 0 aliphatic rings. The second-order valence-electron chi connectivity index (χ2n) is 2.07. The van der Waals surface area contributed by atoms with Crippen LogP contribution in [0.5, 0.6) is 0 Å². The first-order valence-electron chi connectivity index (χ1n) is 3.08. The molecular weight excluding hydrogens is 116 g/mol. The fraction of sp³-hybridized carbons (Fsp3) is 0.833. The van der Waals surface area contributed by atoms with E-state index in [2.05, 4.69) is 10.6 Å². The van der Waals surface area contributed by atoms with E-state index in [1.165, 1.54) is 0 Å². The van der Waals surface area contributed by atoms with Gasteiger partial charge in [-0.25, -0.2) is 0 Å². The molecule has 3 nitrogen and oxygen atoms in total. The van der Waals surface area contributed by atoms with Crippen LogP contribution in [0.25, 0.3) is 0 Å². The lowest BCUT2D eigenvalue weighted by molar-refractivity contribution is -0.120. The third kappa shape index (κ3) is 3.97. The number of nitrogens with one attached hydrogen (secondary N) is 2. The van der Waals surface area contributed by atoms with Crippen LogP contribution >= 0.6 is 0 Å². The lowest BCUT2D eigenvalue weighted by Crippen LogP contribution is -2.29. The molecule has 0 fully saturated rings. The maximum Gasteiger partial charge on any atom is 0.221 e. The summed E-state index contributed by atoms with van der Waals surface area (Å²) in [6, 6.07) is 0.268. The van der Waals surface area contributed by atoms with Gasteiger partial charge < -0.3 is 10.6 Å². The predicted octanol–water partition coefficient (Wildman–Crippen LogP) is -0.270. The molecular formula is C6H14N2O. The first kappa shape index (κ1) is 8.43. The van der Waals surface area contributed by atoms with E-state index in [1.807, 2.05) is 14.0 Å². The Hall–Kier alpha value is -0.570. The molecule has 1 atom stereocenters. The van der Waals surface area contributed by atoms with Crippen molar-refractivity contribution in [1.82, 2.24) is 10.6 Å².